The molecule has 42 heavy (non-hydrogen) atoms. The van der Waals surface area contributed by atoms with E-state index in [1.54, 1.807) is 10.6 Å². The van der Waals surface area contributed by atoms with E-state index in [2.05, 4.69) is 20.4 Å². The number of aliphatic carboxylic acids is 2. The van der Waals surface area contributed by atoms with Gasteiger partial charge in [0.05, 0.1) is 19.0 Å². The van der Waals surface area contributed by atoms with Crippen molar-refractivity contribution in [2.45, 2.75) is 42.9 Å². The number of rotatable bonds is 13. The second-order valence-electron chi connectivity index (χ2n) is 8.93. The number of fused-ring (bicyclic) bond motifs is 1. The maximum Gasteiger partial charge on any atom is 0.352 e. The van der Waals surface area contributed by atoms with Gasteiger partial charge in [0.15, 0.2) is 10.8 Å². The Hall–Kier alpha value is -4.10. The number of hydrogen-bond acceptors (Lipinski definition) is 14. The number of carbonyl (C=O) groups is 4. The lowest BCUT2D eigenvalue weighted by Crippen LogP contribution is -2.71. The molecule has 0 spiro atoms. The summed E-state index contributed by atoms with van der Waals surface area (Å²) < 4.78 is 1.79. The highest BCUT2D eigenvalue weighted by Gasteiger charge is 2.54. The molecule has 0 aliphatic carbocycles. The number of amides is 2. The number of carboxylic acids is 2. The highest BCUT2D eigenvalue weighted by Crippen LogP contribution is 2.41. The number of nitrogens with one attached hydrogen (secondary N) is 1. The zero-order chi connectivity index (χ0) is 30.6. The van der Waals surface area contributed by atoms with Gasteiger partial charge in [-0.25, -0.2) is 14.3 Å². The van der Waals surface area contributed by atoms with E-state index in [-0.39, 0.29) is 52.6 Å². The Morgan fingerprint density at radius 3 is 2.69 bits per heavy atom. The van der Waals surface area contributed by atoms with Crippen LogP contribution in [0, 0.1) is 0 Å². The van der Waals surface area contributed by atoms with E-state index in [1.165, 1.54) is 28.9 Å². The number of β-lactam (4-membered cyclic amide) rings is 1. The summed E-state index contributed by atoms with van der Waals surface area (Å²) in [6, 6.07) is 0.505. The van der Waals surface area contributed by atoms with E-state index < -0.39 is 35.2 Å². The molecule has 2 atom stereocenters. The van der Waals surface area contributed by atoms with Gasteiger partial charge in [0.1, 0.15) is 29.4 Å². The lowest BCUT2D eigenvalue weighted by atomic mass is 10.0. The fraction of sp³-hybridized carbons (Fsp3) is 0.391. The van der Waals surface area contributed by atoms with Gasteiger partial charge in [-0.15, -0.1) is 23.1 Å². The predicted molar refractivity (Wildman–Crippen MR) is 155 cm³/mol. The van der Waals surface area contributed by atoms with Gasteiger partial charge in [0.2, 0.25) is 11.6 Å². The van der Waals surface area contributed by atoms with Crippen LogP contribution in [0.4, 0.5) is 16.8 Å². The van der Waals surface area contributed by atoms with Crippen molar-refractivity contribution in [1.82, 2.24) is 20.2 Å². The first kappa shape index (κ1) is 30.8. The first-order valence-electron chi connectivity index (χ1n) is 12.4. The number of carbonyl (C=O) groups excluding carboxylic acids is 2. The van der Waals surface area contributed by atoms with E-state index in [0.717, 1.165) is 22.7 Å². The van der Waals surface area contributed by atoms with Crippen LogP contribution in [-0.4, -0.2) is 84.1 Å². The van der Waals surface area contributed by atoms with Crippen molar-refractivity contribution in [3.05, 3.63) is 28.4 Å². The third-order valence-electron chi connectivity index (χ3n) is 5.96. The largest absolute Gasteiger partial charge is 0.481 e. The van der Waals surface area contributed by atoms with Gasteiger partial charge in [0, 0.05) is 16.9 Å². The fourth-order valence-corrected chi connectivity index (χ4v) is 7.19. The van der Waals surface area contributed by atoms with E-state index in [9.17, 15) is 24.3 Å². The fourth-order valence-electron chi connectivity index (χ4n) is 4.10. The zero-order valence-electron chi connectivity index (χ0n) is 22.2. The average Bonchev–Trinajstić information content (AvgIpc) is 3.36. The van der Waals surface area contributed by atoms with E-state index >= 15 is 0 Å². The van der Waals surface area contributed by atoms with Crippen molar-refractivity contribution in [2.24, 2.45) is 5.16 Å². The van der Waals surface area contributed by atoms with Crippen LogP contribution in [0.2, 0.25) is 0 Å². The number of hydrogen-bond donors (Lipinski definition) is 6. The van der Waals surface area contributed by atoms with Gasteiger partial charge in [-0.2, -0.15) is 0 Å². The molecule has 224 valence electrons. The second kappa shape index (κ2) is 13.3. The Labute approximate surface area is 251 Å². The monoisotopic (exact) mass is 638 g/mol. The van der Waals surface area contributed by atoms with Crippen LogP contribution in [0.5, 0.6) is 0 Å². The molecule has 1 saturated heterocycles. The average molecular weight is 639 g/mol. The number of anilines is 3. The van der Waals surface area contributed by atoms with Crippen molar-refractivity contribution in [2.75, 3.05) is 35.3 Å². The molecule has 19 heteroatoms. The summed E-state index contributed by atoms with van der Waals surface area (Å²) in [4.78, 5) is 63.8. The summed E-state index contributed by atoms with van der Waals surface area (Å²) in [5.41, 5.74) is 17.8. The Morgan fingerprint density at radius 2 is 2.05 bits per heavy atom. The first-order chi connectivity index (χ1) is 20.0. The molecular formula is C23H28N9O7S3+. The van der Waals surface area contributed by atoms with Crippen LogP contribution >= 0.6 is 34.9 Å². The summed E-state index contributed by atoms with van der Waals surface area (Å²) >= 11 is 3.61. The standard InChI is InChI=1S/C23H27N9O7S3/c1-2-4-31-13(25)6-12(24)28-23(31)42-8-10-7-40-20-16(19(36)32(20)17(10)21(37)38)29-18(35)15(11-9-41-22(26)27-11)30-39-5-3-14(33)34/h6,9,16,20H,2-5,7-8H2,1H3,(H8,24,25,26,27,29,33,34,35,37,38)/p+1/b30-15-. The van der Waals surface area contributed by atoms with E-state index in [1.807, 2.05) is 6.92 Å². The molecule has 4 heterocycles. The maximum absolute atomic E-state index is 13.2. The van der Waals surface area contributed by atoms with Gasteiger partial charge in [-0.3, -0.25) is 19.3 Å². The molecule has 4 rings (SSSR count). The normalized spacial score (nSPS) is 18.4. The van der Waals surface area contributed by atoms with Gasteiger partial charge in [0.25, 0.3) is 11.8 Å². The minimum Gasteiger partial charge on any atom is -0.481 e. The molecule has 2 amide bonds. The Balaban J connectivity index is 1.50. The molecule has 9 N–H and O–H groups in total. The Morgan fingerprint density at radius 1 is 1.29 bits per heavy atom. The molecule has 2 aromatic heterocycles. The minimum absolute atomic E-state index is 0.0757. The molecule has 0 aromatic carbocycles. The number of aromatic nitrogens is 3. The smallest absolute Gasteiger partial charge is 0.352 e. The zero-order valence-corrected chi connectivity index (χ0v) is 24.6. The summed E-state index contributed by atoms with van der Waals surface area (Å²) in [5.74, 6) is -2.65. The molecule has 2 aliphatic heterocycles. The summed E-state index contributed by atoms with van der Waals surface area (Å²) in [6.45, 7) is 2.28. The van der Waals surface area contributed by atoms with Crippen molar-refractivity contribution in [3.8, 4) is 0 Å². The predicted octanol–water partition coefficient (Wildman–Crippen LogP) is -0.291. The minimum atomic E-state index is -1.28. The molecular weight excluding hydrogens is 611 g/mol. The highest BCUT2D eigenvalue weighted by molar-refractivity contribution is 8.01. The van der Waals surface area contributed by atoms with Crippen LogP contribution in [0.15, 0.2) is 33.0 Å². The molecule has 0 saturated carbocycles. The third-order valence-corrected chi connectivity index (χ3v) is 9.04. The number of oxime groups is 1. The van der Waals surface area contributed by atoms with Crippen molar-refractivity contribution < 1.29 is 38.8 Å². The van der Waals surface area contributed by atoms with Crippen LogP contribution in [-0.2, 0) is 30.6 Å². The topological polar surface area (TPSA) is 253 Å². The molecule has 2 aromatic rings. The second-order valence-corrected chi connectivity index (χ2v) is 11.9. The van der Waals surface area contributed by atoms with Crippen LogP contribution in [0.25, 0.3) is 0 Å². The van der Waals surface area contributed by atoms with Crippen molar-refractivity contribution in [1.29, 1.82) is 0 Å². The quantitative estimate of drug-likeness (QED) is 0.0314. The number of nitrogens with two attached hydrogens (primary N) is 3. The molecule has 2 unspecified atom stereocenters. The first-order valence-corrected chi connectivity index (χ1v) is 15.4. The van der Waals surface area contributed by atoms with Crippen LogP contribution in [0.3, 0.4) is 0 Å². The Kier molecular flexibility index (Phi) is 9.74. The van der Waals surface area contributed by atoms with E-state index in [4.69, 9.17) is 27.1 Å². The Bertz CT molecular complexity index is 1480. The molecule has 16 nitrogen and oxygen atoms in total. The van der Waals surface area contributed by atoms with Crippen molar-refractivity contribution in [3.63, 3.8) is 0 Å². The number of carboxylic acid groups (broad SMARTS) is 2. The van der Waals surface area contributed by atoms with Gasteiger partial charge < -0.3 is 37.6 Å². The number of thioether (sulfide) groups is 2. The summed E-state index contributed by atoms with van der Waals surface area (Å²) in [6.07, 6.45) is 0.442. The molecule has 0 bridgehead atoms. The molecule has 0 radical (unpaired) electrons. The van der Waals surface area contributed by atoms with Crippen LogP contribution in [0.1, 0.15) is 25.5 Å². The van der Waals surface area contributed by atoms with Crippen molar-refractivity contribution >= 4 is 81.1 Å². The van der Waals surface area contributed by atoms with Gasteiger partial charge in [-0.05, 0) is 23.8 Å². The lowest BCUT2D eigenvalue weighted by molar-refractivity contribution is -0.723. The van der Waals surface area contributed by atoms with Gasteiger partial charge in [-0.1, -0.05) is 17.1 Å². The molecule has 1 fully saturated rings. The van der Waals surface area contributed by atoms with Crippen LogP contribution < -0.4 is 27.1 Å². The van der Waals surface area contributed by atoms with Gasteiger partial charge >= 0.3 is 17.1 Å². The SMILES string of the molecule is CCC[n+]1c(N)cc(N)nc1SCC1=C(C(=O)O)N2C(=O)C(NC(=O)/C(=N\OCCC(=O)O)c3csc(N)n3)C2SC1. The lowest BCUT2D eigenvalue weighted by Gasteiger charge is -2.49. The molecule has 2 aliphatic rings. The summed E-state index contributed by atoms with van der Waals surface area (Å²) in [5, 5.41) is 26.6. The maximum atomic E-state index is 13.2. The van der Waals surface area contributed by atoms with E-state index in [0.29, 0.717) is 23.1 Å². The number of thiazole rings is 1. The number of nitrogens with zero attached hydrogens (tertiary/aromatic N) is 5. The summed E-state index contributed by atoms with van der Waals surface area (Å²) in [7, 11) is 0. The number of nitrogen functional groups attached to an aromatic ring is 3. The third kappa shape index (κ3) is 6.68. The highest BCUT2D eigenvalue weighted by atomic mass is 32.2.